The van der Waals surface area contributed by atoms with E-state index in [0.717, 1.165) is 16.7 Å². The second-order valence-corrected chi connectivity index (χ2v) is 9.14. The van der Waals surface area contributed by atoms with Crippen molar-refractivity contribution >= 4 is 17.8 Å². The molecule has 10 heteroatoms. The molecule has 1 fully saturated rings. The van der Waals surface area contributed by atoms with Crippen molar-refractivity contribution in [3.63, 3.8) is 0 Å². The van der Waals surface area contributed by atoms with Crippen LogP contribution in [0.25, 0.3) is 0 Å². The monoisotopic (exact) mass is 505 g/mol. The maximum atomic E-state index is 12.9. The molecule has 10 nitrogen and oxygen atoms in total. The highest BCUT2D eigenvalue weighted by Gasteiger charge is 2.40. The number of hydrogen-bond acceptors (Lipinski definition) is 9. The van der Waals surface area contributed by atoms with E-state index >= 15 is 0 Å². The quantitative estimate of drug-likeness (QED) is 0.504. The molecule has 1 aromatic heterocycles. The van der Waals surface area contributed by atoms with E-state index in [4.69, 9.17) is 19.0 Å². The molecule has 2 aromatic carbocycles. The number of hydrogen-bond donors (Lipinski definition) is 1. The minimum absolute atomic E-state index is 0.155. The topological polar surface area (TPSA) is 118 Å². The minimum Gasteiger partial charge on any atom is -0.459 e. The zero-order valence-corrected chi connectivity index (χ0v) is 20.5. The molecule has 3 aromatic rings. The van der Waals surface area contributed by atoms with Crippen molar-refractivity contribution in [2.45, 2.75) is 45.1 Å². The van der Waals surface area contributed by atoms with Gasteiger partial charge in [0, 0.05) is 24.6 Å². The van der Waals surface area contributed by atoms with Crippen molar-refractivity contribution in [2.24, 2.45) is 0 Å². The number of benzene rings is 2. The number of aryl methyl sites for hydroxylation is 2. The SMILES string of the molecule is Cc1ccc(C(=O)OCC2OC(n3cc4c(nc3=O)NOCC4)CC2OC(=O)c2ccc(C)cc2)cc1. The molecule has 5 rings (SSSR count). The largest absolute Gasteiger partial charge is 0.459 e. The van der Waals surface area contributed by atoms with Gasteiger partial charge in [0.05, 0.1) is 17.7 Å². The lowest BCUT2D eigenvalue weighted by molar-refractivity contribution is -0.0583. The second kappa shape index (κ2) is 10.5. The predicted molar refractivity (Wildman–Crippen MR) is 132 cm³/mol. The average Bonchev–Trinajstić information content (AvgIpc) is 3.29. The van der Waals surface area contributed by atoms with E-state index in [0.29, 0.717) is 30.0 Å². The van der Waals surface area contributed by atoms with Crippen LogP contribution in [0.3, 0.4) is 0 Å². The predicted octanol–water partition coefficient (Wildman–Crippen LogP) is 3.13. The number of carbonyl (C=O) groups excluding carboxylic acids is 2. The van der Waals surface area contributed by atoms with E-state index in [1.807, 2.05) is 38.1 Å². The van der Waals surface area contributed by atoms with Gasteiger partial charge < -0.3 is 14.2 Å². The Balaban J connectivity index is 1.35. The Morgan fingerprint density at radius 1 is 1.03 bits per heavy atom. The molecule has 3 atom stereocenters. The van der Waals surface area contributed by atoms with Crippen LogP contribution in [-0.2, 0) is 25.5 Å². The highest BCUT2D eigenvalue weighted by atomic mass is 16.6. The summed E-state index contributed by atoms with van der Waals surface area (Å²) in [7, 11) is 0. The summed E-state index contributed by atoms with van der Waals surface area (Å²) >= 11 is 0. The van der Waals surface area contributed by atoms with Crippen LogP contribution in [0.1, 0.15) is 50.1 Å². The van der Waals surface area contributed by atoms with Crippen molar-refractivity contribution in [1.29, 1.82) is 0 Å². The van der Waals surface area contributed by atoms with Crippen LogP contribution in [0.4, 0.5) is 5.82 Å². The molecule has 192 valence electrons. The number of anilines is 1. The minimum atomic E-state index is -0.779. The number of esters is 2. The lowest BCUT2D eigenvalue weighted by Gasteiger charge is -2.20. The molecule has 0 amide bonds. The first-order valence-corrected chi connectivity index (χ1v) is 12.0. The van der Waals surface area contributed by atoms with Gasteiger partial charge in [0.2, 0.25) is 0 Å². The van der Waals surface area contributed by atoms with Crippen LogP contribution in [0.5, 0.6) is 0 Å². The highest BCUT2D eigenvalue weighted by molar-refractivity contribution is 5.90. The van der Waals surface area contributed by atoms with Crippen molar-refractivity contribution in [3.8, 4) is 0 Å². The maximum absolute atomic E-state index is 12.9. The van der Waals surface area contributed by atoms with E-state index < -0.39 is 36.1 Å². The third-order valence-electron chi connectivity index (χ3n) is 6.37. The Bertz CT molecular complexity index is 1350. The molecule has 37 heavy (non-hydrogen) atoms. The summed E-state index contributed by atoms with van der Waals surface area (Å²) in [6.07, 6.45) is 0.143. The Hall–Kier alpha value is -4.02. The van der Waals surface area contributed by atoms with Crippen molar-refractivity contribution in [2.75, 3.05) is 18.7 Å². The lowest BCUT2D eigenvalue weighted by Crippen LogP contribution is -2.32. The van der Waals surface area contributed by atoms with E-state index in [2.05, 4.69) is 10.5 Å². The molecular weight excluding hydrogens is 478 g/mol. The fourth-order valence-corrected chi connectivity index (χ4v) is 4.24. The van der Waals surface area contributed by atoms with E-state index in [-0.39, 0.29) is 13.0 Å². The number of ether oxygens (including phenoxy) is 3. The van der Waals surface area contributed by atoms with Gasteiger partial charge in [-0.25, -0.2) is 19.9 Å². The normalized spacial score (nSPS) is 20.5. The molecule has 2 aliphatic heterocycles. The summed E-state index contributed by atoms with van der Waals surface area (Å²) in [5.41, 5.74) is 5.74. The number of aromatic nitrogens is 2. The van der Waals surface area contributed by atoms with Gasteiger partial charge in [-0.3, -0.25) is 9.40 Å². The molecule has 0 radical (unpaired) electrons. The van der Waals surface area contributed by atoms with Crippen molar-refractivity contribution in [1.82, 2.24) is 9.55 Å². The Kier molecular flexibility index (Phi) is 7.02. The van der Waals surface area contributed by atoms with Crippen LogP contribution >= 0.6 is 0 Å². The molecule has 1 N–H and O–H groups in total. The van der Waals surface area contributed by atoms with E-state index in [1.165, 1.54) is 4.57 Å². The van der Waals surface area contributed by atoms with Crippen LogP contribution in [-0.4, -0.2) is 46.9 Å². The number of carbonyl (C=O) groups is 2. The van der Waals surface area contributed by atoms with Gasteiger partial charge in [-0.15, -0.1) is 0 Å². The van der Waals surface area contributed by atoms with Crippen LogP contribution in [0.15, 0.2) is 59.5 Å². The molecule has 0 saturated carbocycles. The van der Waals surface area contributed by atoms with Crippen molar-refractivity contribution in [3.05, 3.63) is 93.0 Å². The third-order valence-corrected chi connectivity index (χ3v) is 6.37. The lowest BCUT2D eigenvalue weighted by atomic mass is 10.1. The fraction of sp³-hybridized carbons (Fsp3) is 0.333. The van der Waals surface area contributed by atoms with Gasteiger partial charge in [0.1, 0.15) is 25.0 Å². The Morgan fingerprint density at radius 3 is 2.35 bits per heavy atom. The average molecular weight is 506 g/mol. The van der Waals surface area contributed by atoms with Crippen LogP contribution < -0.4 is 11.2 Å². The van der Waals surface area contributed by atoms with Gasteiger partial charge in [0.25, 0.3) is 0 Å². The standard InChI is InChI=1S/C27H27N3O7/c1-16-3-7-18(8-4-16)25(31)34-15-22-21(37-26(32)19-9-5-17(2)6-10-19)13-23(36-22)30-14-20-11-12-35-29-24(20)28-27(30)33/h3-10,14,21-23H,11-13,15H2,1-2H3,(H,28,29,33). The molecule has 3 unspecified atom stereocenters. The fourth-order valence-electron chi connectivity index (χ4n) is 4.24. The van der Waals surface area contributed by atoms with Crippen LogP contribution in [0, 0.1) is 13.8 Å². The zero-order valence-electron chi connectivity index (χ0n) is 20.5. The van der Waals surface area contributed by atoms with Crippen molar-refractivity contribution < 1.29 is 28.6 Å². The summed E-state index contributed by atoms with van der Waals surface area (Å²) in [4.78, 5) is 47.4. The van der Waals surface area contributed by atoms with Crippen LogP contribution in [0.2, 0.25) is 0 Å². The smallest absolute Gasteiger partial charge is 0.351 e. The maximum Gasteiger partial charge on any atom is 0.351 e. The number of nitrogens with zero attached hydrogens (tertiary/aromatic N) is 2. The molecule has 0 bridgehead atoms. The molecule has 0 aliphatic carbocycles. The second-order valence-electron chi connectivity index (χ2n) is 9.14. The summed E-state index contributed by atoms with van der Waals surface area (Å²) in [6, 6.07) is 14.0. The highest BCUT2D eigenvalue weighted by Crippen LogP contribution is 2.32. The number of rotatable bonds is 6. The van der Waals surface area contributed by atoms with Gasteiger partial charge in [0.15, 0.2) is 5.82 Å². The first-order valence-electron chi connectivity index (χ1n) is 12.0. The molecule has 2 aliphatic rings. The van der Waals surface area contributed by atoms with E-state index in [1.54, 1.807) is 30.5 Å². The molecule has 0 spiro atoms. The number of nitrogens with one attached hydrogen (secondary N) is 1. The molecule has 1 saturated heterocycles. The summed E-state index contributed by atoms with van der Waals surface area (Å²) in [5.74, 6) is -0.674. The zero-order chi connectivity index (χ0) is 25.9. The number of fused-ring (bicyclic) bond motifs is 1. The van der Waals surface area contributed by atoms with Gasteiger partial charge in [-0.1, -0.05) is 35.4 Å². The Morgan fingerprint density at radius 2 is 1.68 bits per heavy atom. The summed E-state index contributed by atoms with van der Waals surface area (Å²) in [6.45, 7) is 4.13. The van der Waals surface area contributed by atoms with Gasteiger partial charge in [-0.2, -0.15) is 4.98 Å². The summed E-state index contributed by atoms with van der Waals surface area (Å²) < 4.78 is 18.8. The molecular formula is C27H27N3O7. The van der Waals surface area contributed by atoms with Gasteiger partial charge >= 0.3 is 17.6 Å². The first-order chi connectivity index (χ1) is 17.9. The molecule has 3 heterocycles. The summed E-state index contributed by atoms with van der Waals surface area (Å²) in [5, 5.41) is 0. The first kappa shape index (κ1) is 24.7. The van der Waals surface area contributed by atoms with Gasteiger partial charge in [-0.05, 0) is 38.1 Å². The third kappa shape index (κ3) is 5.55. The Labute approximate surface area is 213 Å². The van der Waals surface area contributed by atoms with E-state index in [9.17, 15) is 14.4 Å².